The molecule has 166 valence electrons. The fourth-order valence-corrected chi connectivity index (χ4v) is 4.81. The van der Waals surface area contributed by atoms with Crippen LogP contribution in [0, 0.1) is 17.0 Å². The molecule has 2 aliphatic heterocycles. The molecule has 0 aliphatic carbocycles. The summed E-state index contributed by atoms with van der Waals surface area (Å²) in [5.74, 6) is -0.863. The van der Waals surface area contributed by atoms with E-state index in [1.165, 1.54) is 17.8 Å². The topological polar surface area (TPSA) is 66.7 Å². The van der Waals surface area contributed by atoms with Gasteiger partial charge in [-0.2, -0.15) is 8.75 Å². The van der Waals surface area contributed by atoms with Gasteiger partial charge in [0.15, 0.2) is 17.5 Å². The van der Waals surface area contributed by atoms with Crippen molar-refractivity contribution in [3.05, 3.63) is 71.2 Å². The molecule has 0 unspecified atom stereocenters. The minimum atomic E-state index is -0.935. The van der Waals surface area contributed by atoms with Crippen LogP contribution in [0.3, 0.4) is 0 Å². The van der Waals surface area contributed by atoms with Crippen LogP contribution in [-0.2, 0) is 11.4 Å². The molecule has 1 spiro atoms. The van der Waals surface area contributed by atoms with E-state index in [-0.39, 0.29) is 0 Å². The molecular formula is C22H22F2N6OS. The van der Waals surface area contributed by atoms with Gasteiger partial charge in [0.05, 0.1) is 23.6 Å². The largest absolute Gasteiger partial charge is 0.396 e. The smallest absolute Gasteiger partial charge is 0.162 e. The fraction of sp³-hybridized carbons (Fsp3) is 0.364. The number of hydrogen-bond donors (Lipinski definition) is 0. The number of aromatic nitrogens is 3. The molecule has 0 N–H and O–H groups in total. The van der Waals surface area contributed by atoms with Crippen molar-refractivity contribution in [3.8, 4) is 0 Å². The van der Waals surface area contributed by atoms with Crippen LogP contribution < -0.4 is 4.90 Å². The summed E-state index contributed by atoms with van der Waals surface area (Å²) in [4.78, 5) is 14.4. The lowest BCUT2D eigenvalue weighted by Crippen LogP contribution is -2.72. The first-order valence-corrected chi connectivity index (χ1v) is 11.1. The predicted molar refractivity (Wildman–Crippen MR) is 118 cm³/mol. The Bertz CT molecular complexity index is 1110. The van der Waals surface area contributed by atoms with E-state index in [0.717, 1.165) is 56.2 Å². The number of benzene rings is 1. The first-order chi connectivity index (χ1) is 15.5. The summed E-state index contributed by atoms with van der Waals surface area (Å²) in [6, 6.07) is 7.47. The average Bonchev–Trinajstić information content (AvgIpc) is 3.27. The van der Waals surface area contributed by atoms with E-state index in [0.29, 0.717) is 29.0 Å². The molecule has 2 fully saturated rings. The monoisotopic (exact) mass is 456 g/mol. The van der Waals surface area contributed by atoms with Gasteiger partial charge < -0.3 is 9.74 Å². The fourth-order valence-electron chi connectivity index (χ4n) is 4.37. The Balaban J connectivity index is 1.21. The lowest BCUT2D eigenvalue weighted by Gasteiger charge is -2.60. The van der Waals surface area contributed by atoms with E-state index >= 15 is 0 Å². The number of pyridine rings is 1. The van der Waals surface area contributed by atoms with Crippen LogP contribution in [0.25, 0.3) is 0 Å². The number of likely N-dealkylation sites (tertiary alicyclic amines) is 1. The molecule has 1 aromatic carbocycles. The summed E-state index contributed by atoms with van der Waals surface area (Å²) in [5.41, 5.74) is 2.77. The van der Waals surface area contributed by atoms with Gasteiger partial charge in [0.2, 0.25) is 0 Å². The van der Waals surface area contributed by atoms with Gasteiger partial charge in [-0.05, 0) is 36.8 Å². The van der Waals surface area contributed by atoms with Gasteiger partial charge in [-0.25, -0.2) is 8.78 Å². The van der Waals surface area contributed by atoms with Gasteiger partial charge in [-0.3, -0.25) is 9.88 Å². The number of halogens is 2. The van der Waals surface area contributed by atoms with Crippen molar-refractivity contribution in [1.82, 2.24) is 18.6 Å². The number of anilines is 1. The predicted octanol–water partition coefficient (Wildman–Crippen LogP) is 3.32. The molecule has 7 nitrogen and oxygen atoms in total. The van der Waals surface area contributed by atoms with Crippen molar-refractivity contribution >= 4 is 23.3 Å². The summed E-state index contributed by atoms with van der Waals surface area (Å²) in [7, 11) is 0. The van der Waals surface area contributed by atoms with E-state index < -0.39 is 11.6 Å². The van der Waals surface area contributed by atoms with E-state index in [1.54, 1.807) is 13.1 Å². The molecule has 3 aromatic rings. The van der Waals surface area contributed by atoms with Crippen LogP contribution in [-0.4, -0.2) is 57.1 Å². The molecule has 0 bridgehead atoms. The summed E-state index contributed by atoms with van der Waals surface area (Å²) < 4.78 is 35.4. The third-order valence-electron chi connectivity index (χ3n) is 5.80. The summed E-state index contributed by atoms with van der Waals surface area (Å²) in [5, 5.41) is 4.08. The van der Waals surface area contributed by atoms with Crippen molar-refractivity contribution in [1.29, 1.82) is 0 Å². The maximum Gasteiger partial charge on any atom is 0.162 e. The summed E-state index contributed by atoms with van der Waals surface area (Å²) in [6.07, 6.45) is 3.63. The molecule has 32 heavy (non-hydrogen) atoms. The van der Waals surface area contributed by atoms with Crippen LogP contribution in [0.5, 0.6) is 0 Å². The summed E-state index contributed by atoms with van der Waals surface area (Å²) in [6.45, 7) is 7.13. The van der Waals surface area contributed by atoms with Crippen molar-refractivity contribution < 1.29 is 13.6 Å². The second-order valence-corrected chi connectivity index (χ2v) is 8.86. The van der Waals surface area contributed by atoms with E-state index in [1.807, 2.05) is 18.3 Å². The molecule has 0 atom stereocenters. The highest BCUT2D eigenvalue weighted by Crippen LogP contribution is 2.41. The second-order valence-electron chi connectivity index (χ2n) is 8.31. The molecule has 2 aliphatic rings. The van der Waals surface area contributed by atoms with Crippen LogP contribution >= 0.6 is 11.7 Å². The lowest BCUT2D eigenvalue weighted by molar-refractivity contribution is -0.0276. The highest BCUT2D eigenvalue weighted by molar-refractivity contribution is 6.99. The van der Waals surface area contributed by atoms with Gasteiger partial charge >= 0.3 is 0 Å². The Morgan fingerprint density at radius 2 is 1.97 bits per heavy atom. The van der Waals surface area contributed by atoms with E-state index in [4.69, 9.17) is 4.84 Å². The molecule has 5 rings (SSSR count). The second kappa shape index (κ2) is 8.51. The summed E-state index contributed by atoms with van der Waals surface area (Å²) >= 11 is 1.24. The molecule has 0 saturated carbocycles. The first-order valence-electron chi connectivity index (χ1n) is 10.4. The molecule has 0 radical (unpaired) electrons. The van der Waals surface area contributed by atoms with Crippen molar-refractivity contribution in [3.63, 3.8) is 0 Å². The molecule has 2 aromatic heterocycles. The quantitative estimate of drug-likeness (QED) is 0.401. The van der Waals surface area contributed by atoms with Crippen molar-refractivity contribution in [2.75, 3.05) is 37.7 Å². The zero-order chi connectivity index (χ0) is 22.1. The van der Waals surface area contributed by atoms with Crippen LogP contribution in [0.15, 0.2) is 47.9 Å². The van der Waals surface area contributed by atoms with E-state index in [2.05, 4.69) is 28.7 Å². The molecule has 4 heterocycles. The third kappa shape index (κ3) is 4.07. The molecule has 10 heteroatoms. The van der Waals surface area contributed by atoms with Gasteiger partial charge in [-0.15, -0.1) is 0 Å². The molecular weight excluding hydrogens is 434 g/mol. The molecule has 0 amide bonds. The Hall–Kier alpha value is -2.98. The van der Waals surface area contributed by atoms with Gasteiger partial charge in [0.25, 0.3) is 0 Å². The van der Waals surface area contributed by atoms with Crippen LogP contribution in [0.2, 0.25) is 0 Å². The number of nitrogens with zero attached hydrogens (tertiary/aromatic N) is 6. The number of hydrogen-bond acceptors (Lipinski definition) is 8. The minimum absolute atomic E-state index is 0.360. The number of rotatable bonds is 7. The normalized spacial score (nSPS) is 17.8. The van der Waals surface area contributed by atoms with Crippen LogP contribution in [0.4, 0.5) is 14.6 Å². The Labute approximate surface area is 188 Å². The Morgan fingerprint density at radius 1 is 1.12 bits per heavy atom. The van der Waals surface area contributed by atoms with E-state index in [9.17, 15) is 8.78 Å². The zero-order valence-electron chi connectivity index (χ0n) is 17.5. The average molecular weight is 457 g/mol. The maximum atomic E-state index is 13.7. The van der Waals surface area contributed by atoms with Crippen molar-refractivity contribution in [2.24, 2.45) is 10.6 Å². The number of oxime groups is 1. The Kier molecular flexibility index (Phi) is 5.56. The van der Waals surface area contributed by atoms with Gasteiger partial charge in [0, 0.05) is 49.9 Å². The first kappa shape index (κ1) is 20.9. The minimum Gasteiger partial charge on any atom is -0.396 e. The SMILES string of the molecule is CCO/N=C(\c1ccc(F)c(F)c1)c1ccc(CN2CC3(C2)CN(c2cnsn2)C3)cn1. The van der Waals surface area contributed by atoms with Crippen molar-refractivity contribution in [2.45, 2.75) is 13.5 Å². The standard InChI is InChI=1S/C22H22F2N6OS/c1-2-31-27-21(16-4-5-17(23)18(24)7-16)19-6-3-15(8-25-19)10-29-11-22(12-29)13-30(14-22)20-9-26-32-28-20/h3-9H,2,10-14H2,1H3/b27-21+. The zero-order valence-corrected chi connectivity index (χ0v) is 18.4. The lowest BCUT2D eigenvalue weighted by atomic mass is 9.73. The Morgan fingerprint density at radius 3 is 2.62 bits per heavy atom. The maximum absolute atomic E-state index is 13.7. The third-order valence-corrected chi connectivity index (χ3v) is 6.26. The van der Waals surface area contributed by atoms with Crippen LogP contribution in [0.1, 0.15) is 23.7 Å². The van der Waals surface area contributed by atoms with Gasteiger partial charge in [0.1, 0.15) is 12.3 Å². The molecule has 2 saturated heterocycles. The highest BCUT2D eigenvalue weighted by Gasteiger charge is 2.51. The highest BCUT2D eigenvalue weighted by atomic mass is 32.1. The van der Waals surface area contributed by atoms with Gasteiger partial charge in [-0.1, -0.05) is 11.2 Å².